The van der Waals surface area contributed by atoms with Crippen LogP contribution in [0.15, 0.2) is 84.3 Å². The Morgan fingerprint density at radius 2 is 1.50 bits per heavy atom. The molecule has 0 saturated carbocycles. The van der Waals surface area contributed by atoms with E-state index in [-0.39, 0.29) is 12.0 Å². The maximum Gasteiger partial charge on any atom is 0.132 e. The van der Waals surface area contributed by atoms with E-state index in [1.54, 1.807) is 0 Å². The molecule has 0 radical (unpaired) electrons. The SMILES string of the molecule is C/C=C(\C=C(/Oc1ccc(C(C)C)cc1C1c2ccc3ccccc3c2C=CN1C)C(C)C)C(C)C.CC.CC. The molecule has 2 heteroatoms. The lowest BCUT2D eigenvalue weighted by Gasteiger charge is -2.34. The van der Waals surface area contributed by atoms with Crippen LogP contribution in [0.5, 0.6) is 5.75 Å². The Kier molecular flexibility index (Phi) is 12.8. The Labute approximate surface area is 245 Å². The smallest absolute Gasteiger partial charge is 0.132 e. The van der Waals surface area contributed by atoms with E-state index < -0.39 is 0 Å². The van der Waals surface area contributed by atoms with E-state index in [1.165, 1.54) is 38.6 Å². The Hall–Kier alpha value is -3.26. The van der Waals surface area contributed by atoms with Crippen LogP contribution in [0.4, 0.5) is 0 Å². The van der Waals surface area contributed by atoms with Crippen molar-refractivity contribution < 1.29 is 4.74 Å². The van der Waals surface area contributed by atoms with Gasteiger partial charge in [-0.2, -0.15) is 0 Å². The van der Waals surface area contributed by atoms with Gasteiger partial charge in [-0.15, -0.1) is 0 Å². The zero-order valence-corrected chi connectivity index (χ0v) is 27.2. The summed E-state index contributed by atoms with van der Waals surface area (Å²) in [5.74, 6) is 3.10. The van der Waals surface area contributed by atoms with Gasteiger partial charge in [-0.05, 0) is 76.1 Å². The van der Waals surface area contributed by atoms with E-state index >= 15 is 0 Å². The zero-order valence-electron chi connectivity index (χ0n) is 27.2. The van der Waals surface area contributed by atoms with Crippen LogP contribution >= 0.6 is 0 Å². The summed E-state index contributed by atoms with van der Waals surface area (Å²) in [6, 6.07) is 20.0. The lowest BCUT2D eigenvalue weighted by molar-refractivity contribution is 0.337. The van der Waals surface area contributed by atoms with Crippen molar-refractivity contribution in [1.29, 1.82) is 0 Å². The summed E-state index contributed by atoms with van der Waals surface area (Å²) in [5, 5.41) is 2.57. The van der Waals surface area contributed by atoms with Crippen molar-refractivity contribution >= 4 is 16.8 Å². The fourth-order valence-electron chi connectivity index (χ4n) is 5.04. The summed E-state index contributed by atoms with van der Waals surface area (Å²) in [4.78, 5) is 2.31. The molecular formula is C38H53NO. The van der Waals surface area contributed by atoms with Crippen molar-refractivity contribution in [1.82, 2.24) is 4.90 Å². The standard InChI is InChI=1S/C34H41NO.2C2H6/c1-9-25(22(2)3)21-33(24(6)7)36-32-17-15-27(23(4)5)20-31(32)34-30-16-14-26-12-10-11-13-28(26)29(30)18-19-35(34)8;2*1-2/h9-24,34H,1-8H3;2*1-2H3/b25-9+,33-21-;;. The molecule has 40 heavy (non-hydrogen) atoms. The first-order chi connectivity index (χ1) is 19.2. The van der Waals surface area contributed by atoms with E-state index in [0.29, 0.717) is 11.8 Å². The van der Waals surface area contributed by atoms with Gasteiger partial charge in [0.1, 0.15) is 11.5 Å². The third-order valence-electron chi connectivity index (χ3n) is 7.28. The third-order valence-corrected chi connectivity index (χ3v) is 7.28. The number of ether oxygens (including phenoxy) is 1. The van der Waals surface area contributed by atoms with E-state index in [2.05, 4.69) is 139 Å². The second-order valence-corrected chi connectivity index (χ2v) is 10.9. The highest BCUT2D eigenvalue weighted by molar-refractivity contribution is 5.92. The van der Waals surface area contributed by atoms with Gasteiger partial charge >= 0.3 is 0 Å². The molecule has 0 aliphatic carbocycles. The lowest BCUT2D eigenvalue weighted by atomic mass is 9.86. The summed E-state index contributed by atoms with van der Waals surface area (Å²) in [7, 11) is 2.17. The van der Waals surface area contributed by atoms with Gasteiger partial charge in [-0.3, -0.25) is 0 Å². The van der Waals surface area contributed by atoms with Gasteiger partial charge in [-0.25, -0.2) is 0 Å². The molecule has 3 aromatic carbocycles. The quantitative estimate of drug-likeness (QED) is 0.219. The number of hydrogen-bond acceptors (Lipinski definition) is 2. The topological polar surface area (TPSA) is 12.5 Å². The average Bonchev–Trinajstić information content (AvgIpc) is 2.96. The average molecular weight is 540 g/mol. The van der Waals surface area contributed by atoms with E-state index in [0.717, 1.165) is 11.5 Å². The number of allylic oxidation sites excluding steroid dienone is 4. The molecule has 1 aliphatic rings. The first-order valence-corrected chi connectivity index (χ1v) is 15.3. The molecule has 0 bridgehead atoms. The molecule has 1 unspecified atom stereocenters. The summed E-state index contributed by atoms with van der Waals surface area (Å²) in [5.41, 5.74) is 6.45. The monoisotopic (exact) mass is 539 g/mol. The predicted molar refractivity (Wildman–Crippen MR) is 178 cm³/mol. The van der Waals surface area contributed by atoms with Crippen LogP contribution in [-0.2, 0) is 0 Å². The molecule has 0 aromatic heterocycles. The molecule has 2 nitrogen and oxygen atoms in total. The van der Waals surface area contributed by atoms with E-state index in [4.69, 9.17) is 4.74 Å². The molecule has 1 aliphatic heterocycles. The Morgan fingerprint density at radius 1 is 0.825 bits per heavy atom. The minimum absolute atomic E-state index is 0.0722. The normalized spacial score (nSPS) is 15.1. The van der Waals surface area contributed by atoms with Gasteiger partial charge in [-0.1, -0.05) is 118 Å². The summed E-state index contributed by atoms with van der Waals surface area (Å²) < 4.78 is 6.80. The van der Waals surface area contributed by atoms with Crippen molar-refractivity contribution in [2.24, 2.45) is 11.8 Å². The second kappa shape index (κ2) is 15.5. The van der Waals surface area contributed by atoms with Crippen LogP contribution in [0, 0.1) is 11.8 Å². The number of fused-ring (bicyclic) bond motifs is 3. The van der Waals surface area contributed by atoms with Gasteiger partial charge in [0.15, 0.2) is 0 Å². The Morgan fingerprint density at radius 3 is 2.10 bits per heavy atom. The summed E-state index contributed by atoms with van der Waals surface area (Å²) >= 11 is 0. The van der Waals surface area contributed by atoms with E-state index in [1.807, 2.05) is 27.7 Å². The molecule has 1 heterocycles. The van der Waals surface area contributed by atoms with Crippen LogP contribution in [-0.4, -0.2) is 11.9 Å². The molecule has 0 fully saturated rings. The van der Waals surface area contributed by atoms with Gasteiger partial charge in [0.25, 0.3) is 0 Å². The lowest BCUT2D eigenvalue weighted by Crippen LogP contribution is -2.24. The second-order valence-electron chi connectivity index (χ2n) is 10.9. The van der Waals surface area contributed by atoms with Gasteiger partial charge in [0.2, 0.25) is 0 Å². The van der Waals surface area contributed by atoms with Crippen molar-refractivity contribution in [2.75, 3.05) is 7.05 Å². The van der Waals surface area contributed by atoms with Gasteiger partial charge < -0.3 is 9.64 Å². The highest BCUT2D eigenvalue weighted by atomic mass is 16.5. The van der Waals surface area contributed by atoms with Crippen LogP contribution in [0.25, 0.3) is 16.8 Å². The molecule has 4 rings (SSSR count). The molecule has 0 N–H and O–H groups in total. The largest absolute Gasteiger partial charge is 0.461 e. The summed E-state index contributed by atoms with van der Waals surface area (Å²) in [6.45, 7) is 23.5. The number of hydrogen-bond donors (Lipinski definition) is 0. The molecule has 0 spiro atoms. The highest BCUT2D eigenvalue weighted by Gasteiger charge is 2.28. The molecule has 216 valence electrons. The third kappa shape index (κ3) is 7.47. The van der Waals surface area contributed by atoms with Gasteiger partial charge in [0.05, 0.1) is 6.04 Å². The fourth-order valence-corrected chi connectivity index (χ4v) is 5.04. The fraction of sp³-hybridized carbons (Fsp3) is 0.421. The van der Waals surface area contributed by atoms with Crippen molar-refractivity contribution in [2.45, 2.75) is 88.1 Å². The highest BCUT2D eigenvalue weighted by Crippen LogP contribution is 2.43. The predicted octanol–water partition coefficient (Wildman–Crippen LogP) is 11.5. The number of benzene rings is 3. The summed E-state index contributed by atoms with van der Waals surface area (Å²) in [6.07, 6.45) is 8.89. The Bertz CT molecular complexity index is 1320. The van der Waals surface area contributed by atoms with Crippen LogP contribution in [0.3, 0.4) is 0 Å². The van der Waals surface area contributed by atoms with E-state index in [9.17, 15) is 0 Å². The maximum atomic E-state index is 6.80. The van der Waals surface area contributed by atoms with Crippen molar-refractivity contribution in [3.8, 4) is 5.75 Å². The molecule has 1 atom stereocenters. The zero-order chi connectivity index (χ0) is 30.0. The first-order valence-electron chi connectivity index (χ1n) is 15.3. The minimum Gasteiger partial charge on any atom is -0.461 e. The molecule has 0 saturated heterocycles. The number of nitrogens with zero attached hydrogens (tertiary/aromatic N) is 1. The van der Waals surface area contributed by atoms with Gasteiger partial charge in [0, 0.05) is 24.7 Å². The van der Waals surface area contributed by atoms with Crippen LogP contribution < -0.4 is 4.74 Å². The number of rotatable bonds is 7. The van der Waals surface area contributed by atoms with Crippen molar-refractivity contribution in [3.63, 3.8) is 0 Å². The molecule has 3 aromatic rings. The minimum atomic E-state index is 0.0722. The first kappa shape index (κ1) is 32.9. The van der Waals surface area contributed by atoms with Crippen LogP contribution in [0.1, 0.15) is 110 Å². The molecular weight excluding hydrogens is 486 g/mol. The molecule has 0 amide bonds. The van der Waals surface area contributed by atoms with Crippen molar-refractivity contribution in [3.05, 3.63) is 107 Å². The van der Waals surface area contributed by atoms with Crippen LogP contribution in [0.2, 0.25) is 0 Å². The Balaban J connectivity index is 0.00000134. The maximum absolute atomic E-state index is 6.80.